The molecule has 45 heavy (non-hydrogen) atoms. The van der Waals surface area contributed by atoms with Crippen molar-refractivity contribution in [3.63, 3.8) is 0 Å². The van der Waals surface area contributed by atoms with Crippen LogP contribution in [-0.2, 0) is 0 Å². The monoisotopic (exact) mass is 610 g/mol. The highest BCUT2D eigenvalue weighted by Gasteiger charge is 2.20. The molecule has 3 heterocycles. The molecule has 7 N–H and O–H groups in total. The first-order valence-electron chi connectivity index (χ1n) is 12.3. The number of carbonyl (C=O) groups is 3. The van der Waals surface area contributed by atoms with Crippen molar-refractivity contribution >= 4 is 52.6 Å². The molecule has 0 saturated carbocycles. The van der Waals surface area contributed by atoms with Crippen LogP contribution in [0.25, 0.3) is 16.5 Å². The molecule has 0 aliphatic heterocycles. The lowest BCUT2D eigenvalue weighted by molar-refractivity contribution is 0.0682. The van der Waals surface area contributed by atoms with Crippen LogP contribution in [0.5, 0.6) is 6.01 Å². The average molecular weight is 611 g/mol. The van der Waals surface area contributed by atoms with Gasteiger partial charge in [-0.25, -0.2) is 23.9 Å². The van der Waals surface area contributed by atoms with Crippen molar-refractivity contribution in [2.24, 2.45) is 10.2 Å². The molecule has 2 aromatic carbocycles. The Kier molecular flexibility index (Phi) is 7.52. The predicted octanol–water partition coefficient (Wildman–Crippen LogP) is 3.64. The van der Waals surface area contributed by atoms with Gasteiger partial charge in [-0.2, -0.15) is 29.8 Å². The summed E-state index contributed by atoms with van der Waals surface area (Å²) in [5.41, 5.74) is 6.42. The number of hydrogen-bond donors (Lipinski definition) is 6. The van der Waals surface area contributed by atoms with Crippen LogP contribution < -0.4 is 11.1 Å². The van der Waals surface area contributed by atoms with Crippen LogP contribution in [0.3, 0.4) is 0 Å². The third-order valence-corrected chi connectivity index (χ3v) is 6.00. The third-order valence-electron chi connectivity index (χ3n) is 6.00. The highest BCUT2D eigenvalue weighted by molar-refractivity contribution is 5.95. The smallest absolute Gasteiger partial charge is 0.335 e. The largest absolute Gasteiger partial charge is 0.479 e. The van der Waals surface area contributed by atoms with Crippen LogP contribution in [0.1, 0.15) is 36.8 Å². The number of aromatic nitrogens is 7. The number of carboxylic acids is 3. The van der Waals surface area contributed by atoms with Crippen molar-refractivity contribution in [1.29, 1.82) is 0 Å². The fraction of sp³-hybridized carbons (Fsp3) is 0.0385. The lowest BCUT2D eigenvalue weighted by Gasteiger charge is -2.09. The standard InChI is InChI=1S/C26H18N12O7/c1-11-18(34-35-20-17(28-2)10-29-37(20)16-5-3-12(4-6-16)21(39)40)19(27)38(36-11)25-31-24(32-26(45)33-25)30-15-8-13(22(41)42)7-14(9-15)23(43)44/h3-10H,27H2,1H3,(H,39,40)(H,41,42)(H,43,44)(H2,30,31,32,33,45)/b35-34+. The number of benzene rings is 2. The molecule has 0 amide bonds. The van der Waals surface area contributed by atoms with Crippen LogP contribution in [0, 0.1) is 13.5 Å². The summed E-state index contributed by atoms with van der Waals surface area (Å²) in [5, 5.41) is 57.3. The number of carboxylic acid groups (broad SMARTS) is 3. The van der Waals surface area contributed by atoms with Gasteiger partial charge in [-0.3, -0.25) is 0 Å². The minimum Gasteiger partial charge on any atom is -0.479 e. The van der Waals surface area contributed by atoms with Crippen molar-refractivity contribution in [2.75, 3.05) is 11.1 Å². The van der Waals surface area contributed by atoms with Gasteiger partial charge in [0.2, 0.25) is 5.95 Å². The van der Waals surface area contributed by atoms with Gasteiger partial charge in [0.05, 0.1) is 40.8 Å². The molecule has 0 unspecified atom stereocenters. The second-order valence-corrected chi connectivity index (χ2v) is 8.95. The van der Waals surface area contributed by atoms with Gasteiger partial charge >= 0.3 is 23.9 Å². The van der Waals surface area contributed by atoms with Crippen LogP contribution in [0.4, 0.5) is 34.6 Å². The van der Waals surface area contributed by atoms with Crippen molar-refractivity contribution < 1.29 is 34.8 Å². The number of azo groups is 1. The number of nitrogens with zero attached hydrogens (tertiary/aromatic N) is 10. The number of nitrogens with two attached hydrogens (primary N) is 1. The summed E-state index contributed by atoms with van der Waals surface area (Å²) in [6, 6.07) is 8.19. The average Bonchev–Trinajstić information content (AvgIpc) is 3.54. The zero-order valence-electron chi connectivity index (χ0n) is 22.7. The van der Waals surface area contributed by atoms with Crippen molar-refractivity contribution in [1.82, 2.24) is 34.5 Å². The van der Waals surface area contributed by atoms with Gasteiger partial charge in [0.1, 0.15) is 0 Å². The number of nitrogen functional groups attached to an aromatic ring is 1. The van der Waals surface area contributed by atoms with Gasteiger partial charge in [0.25, 0.3) is 11.6 Å². The molecule has 0 bridgehead atoms. The Morgan fingerprint density at radius 3 is 2.16 bits per heavy atom. The summed E-state index contributed by atoms with van der Waals surface area (Å²) in [4.78, 5) is 49.2. The molecule has 19 heteroatoms. The van der Waals surface area contributed by atoms with E-state index in [1.807, 2.05) is 0 Å². The van der Waals surface area contributed by atoms with E-state index in [1.54, 1.807) is 6.92 Å². The topological polar surface area (TPSA) is 274 Å². The normalized spacial score (nSPS) is 10.9. The fourth-order valence-electron chi connectivity index (χ4n) is 3.93. The molecular weight excluding hydrogens is 592 g/mol. The van der Waals surface area contributed by atoms with E-state index in [0.717, 1.165) is 22.9 Å². The minimum absolute atomic E-state index is 0.00668. The van der Waals surface area contributed by atoms with Gasteiger partial charge in [-0.05, 0) is 49.4 Å². The summed E-state index contributed by atoms with van der Waals surface area (Å²) in [6.07, 6.45) is 1.26. The third kappa shape index (κ3) is 5.90. The zero-order valence-corrected chi connectivity index (χ0v) is 22.7. The fourth-order valence-corrected chi connectivity index (χ4v) is 3.93. The Bertz CT molecular complexity index is 2040. The maximum atomic E-state index is 11.5. The highest BCUT2D eigenvalue weighted by atomic mass is 16.4. The molecule has 19 nitrogen and oxygen atoms in total. The molecule has 0 aliphatic carbocycles. The molecule has 5 aromatic rings. The highest BCUT2D eigenvalue weighted by Crippen LogP contribution is 2.35. The van der Waals surface area contributed by atoms with E-state index < -0.39 is 23.9 Å². The first-order chi connectivity index (χ1) is 21.4. The molecule has 0 aliphatic rings. The van der Waals surface area contributed by atoms with Gasteiger partial charge in [-0.1, -0.05) is 0 Å². The number of rotatable bonds is 9. The Hall–Kier alpha value is -7.23. The predicted molar refractivity (Wildman–Crippen MR) is 152 cm³/mol. The lowest BCUT2D eigenvalue weighted by atomic mass is 10.1. The molecule has 0 spiro atoms. The van der Waals surface area contributed by atoms with E-state index in [1.165, 1.54) is 35.1 Å². The van der Waals surface area contributed by atoms with Crippen molar-refractivity contribution in [3.8, 4) is 17.6 Å². The molecule has 0 atom stereocenters. The first kappa shape index (κ1) is 29.3. The van der Waals surface area contributed by atoms with E-state index in [9.17, 15) is 29.7 Å². The molecular formula is C26H18N12O7. The first-order valence-corrected chi connectivity index (χ1v) is 12.3. The molecule has 0 fully saturated rings. The number of aromatic hydroxyl groups is 1. The Morgan fingerprint density at radius 2 is 1.56 bits per heavy atom. The van der Waals surface area contributed by atoms with Crippen LogP contribution in [0.2, 0.25) is 0 Å². The van der Waals surface area contributed by atoms with E-state index >= 15 is 0 Å². The summed E-state index contributed by atoms with van der Waals surface area (Å²) >= 11 is 0. The summed E-state index contributed by atoms with van der Waals surface area (Å²) < 4.78 is 2.31. The van der Waals surface area contributed by atoms with Crippen LogP contribution >= 0.6 is 0 Å². The van der Waals surface area contributed by atoms with E-state index in [0.29, 0.717) is 5.69 Å². The summed E-state index contributed by atoms with van der Waals surface area (Å²) in [7, 11) is 0. The van der Waals surface area contributed by atoms with Crippen molar-refractivity contribution in [2.45, 2.75) is 6.92 Å². The molecule has 224 valence electrons. The van der Waals surface area contributed by atoms with E-state index in [2.05, 4.69) is 45.5 Å². The minimum atomic E-state index is -1.37. The van der Waals surface area contributed by atoms with Gasteiger partial charge in [0.15, 0.2) is 17.3 Å². The number of nitrogens with one attached hydrogen (secondary N) is 1. The maximum Gasteiger partial charge on any atom is 0.335 e. The number of aromatic carboxylic acids is 3. The van der Waals surface area contributed by atoms with Crippen molar-refractivity contribution in [3.05, 3.63) is 82.5 Å². The lowest BCUT2D eigenvalue weighted by Crippen LogP contribution is -2.10. The van der Waals surface area contributed by atoms with E-state index in [4.69, 9.17) is 17.4 Å². The SMILES string of the molecule is [C-]#[N+]c1cnn(-c2ccc(C(=O)O)cc2)c1/N=N/c1c(C)nn(-c2nc(O)nc(Nc3cc(C(=O)O)cc(C(=O)O)c3)n2)c1N. The van der Waals surface area contributed by atoms with Crippen LogP contribution in [-0.4, -0.2) is 72.8 Å². The number of hydrogen-bond acceptors (Lipinski definition) is 13. The van der Waals surface area contributed by atoms with Gasteiger partial charge in [-0.15, -0.1) is 10.2 Å². The van der Waals surface area contributed by atoms with Gasteiger partial charge < -0.3 is 31.5 Å². The molecule has 5 rings (SSSR count). The molecule has 0 saturated heterocycles. The second kappa shape index (κ2) is 11.6. The Morgan fingerprint density at radius 1 is 0.911 bits per heavy atom. The Balaban J connectivity index is 1.49. The quantitative estimate of drug-likeness (QED) is 0.103. The summed E-state index contributed by atoms with van der Waals surface area (Å²) in [6.45, 7) is 9.01. The zero-order chi connectivity index (χ0) is 32.4. The van der Waals surface area contributed by atoms with Crippen LogP contribution in [0.15, 0.2) is 58.9 Å². The van der Waals surface area contributed by atoms with E-state index in [-0.39, 0.29) is 63.0 Å². The number of anilines is 3. The Labute approximate surface area is 250 Å². The number of aryl methyl sites for hydroxylation is 1. The second-order valence-electron chi connectivity index (χ2n) is 8.95. The molecule has 3 aromatic heterocycles. The van der Waals surface area contributed by atoms with Gasteiger partial charge in [0, 0.05) is 5.69 Å². The molecule has 0 radical (unpaired) electrons. The summed E-state index contributed by atoms with van der Waals surface area (Å²) in [5.74, 6) is -4.55. The maximum absolute atomic E-state index is 11.5.